The zero-order valence-corrected chi connectivity index (χ0v) is 22.0. The van der Waals surface area contributed by atoms with Gasteiger partial charge in [-0.1, -0.05) is 11.6 Å². The second-order valence-corrected chi connectivity index (χ2v) is 11.2. The molecule has 11 heteroatoms. The molecular weight excluding hydrogens is 533 g/mol. The Kier molecular flexibility index (Phi) is 7.84. The van der Waals surface area contributed by atoms with Crippen LogP contribution in [0.2, 0.25) is 5.02 Å². The zero-order chi connectivity index (χ0) is 27.7. The first-order chi connectivity index (χ1) is 18.6. The average molecular weight is 563 g/mol. The van der Waals surface area contributed by atoms with Gasteiger partial charge in [0.2, 0.25) is 5.91 Å². The smallest absolute Gasteiger partial charge is 0.382 e. The summed E-state index contributed by atoms with van der Waals surface area (Å²) in [5.74, 6) is -0.392. The standard InChI is InChI=1S/C28H30ClF3N4O3/c29-18-5-10-22-21(13-18)23(14-24(35-22)28(30,31)32)33-19-6-8-20(9-7-19)34-27(39)17-3-1-16(2-4-17)15-36-25(37)11-12-26(36)38/h5,10-14,16-17,19-20H,1-4,6-9,15H2,(H,33,35)(H,34,39). The Morgan fingerprint density at radius 3 is 2.23 bits per heavy atom. The number of nitrogens with zero attached hydrogens (tertiary/aromatic N) is 2. The number of carbonyl (C=O) groups is 3. The highest BCUT2D eigenvalue weighted by atomic mass is 35.5. The number of imide groups is 1. The first kappa shape index (κ1) is 27.4. The first-order valence-electron chi connectivity index (χ1n) is 13.3. The third-order valence-corrected chi connectivity index (χ3v) is 8.29. The molecule has 2 heterocycles. The first-order valence-corrected chi connectivity index (χ1v) is 13.7. The molecular formula is C28H30ClF3N4O3. The summed E-state index contributed by atoms with van der Waals surface area (Å²) < 4.78 is 40.3. The number of amides is 3. The van der Waals surface area contributed by atoms with Crippen LogP contribution >= 0.6 is 11.6 Å². The molecule has 0 bridgehead atoms. The van der Waals surface area contributed by atoms with E-state index in [2.05, 4.69) is 15.6 Å². The number of fused-ring (bicyclic) bond motifs is 1. The SMILES string of the molecule is O=C(NC1CCC(Nc2cc(C(F)(F)F)nc3ccc(Cl)cc23)CC1)C1CCC(CN2C(=O)C=CC2=O)CC1. The molecule has 208 valence electrons. The highest BCUT2D eigenvalue weighted by Gasteiger charge is 2.35. The van der Waals surface area contributed by atoms with E-state index in [1.54, 1.807) is 6.07 Å². The predicted molar refractivity (Wildman–Crippen MR) is 141 cm³/mol. The second kappa shape index (κ2) is 11.2. The molecule has 7 nitrogen and oxygen atoms in total. The highest BCUT2D eigenvalue weighted by Crippen LogP contribution is 2.36. The molecule has 0 unspecified atom stereocenters. The summed E-state index contributed by atoms with van der Waals surface area (Å²) in [7, 11) is 0. The fourth-order valence-corrected chi connectivity index (χ4v) is 6.03. The average Bonchev–Trinajstić information content (AvgIpc) is 3.22. The number of rotatable bonds is 6. The van der Waals surface area contributed by atoms with Gasteiger partial charge < -0.3 is 10.6 Å². The number of alkyl halides is 3. The molecule has 3 aliphatic rings. The van der Waals surface area contributed by atoms with Crippen LogP contribution in [0, 0.1) is 11.8 Å². The fraction of sp³-hybridized carbons (Fsp3) is 0.500. The van der Waals surface area contributed by atoms with Gasteiger partial charge in [0.1, 0.15) is 5.69 Å². The number of nitrogens with one attached hydrogen (secondary N) is 2. The Labute approximate surface area is 229 Å². The van der Waals surface area contributed by atoms with Gasteiger partial charge in [-0.3, -0.25) is 19.3 Å². The molecule has 0 spiro atoms. The number of carbonyl (C=O) groups excluding carboxylic acids is 3. The van der Waals surface area contributed by atoms with Crippen molar-refractivity contribution < 1.29 is 27.6 Å². The van der Waals surface area contributed by atoms with Crippen LogP contribution in [0.25, 0.3) is 10.9 Å². The topological polar surface area (TPSA) is 91.4 Å². The van der Waals surface area contributed by atoms with E-state index in [1.807, 2.05) is 0 Å². The van der Waals surface area contributed by atoms with Crippen molar-refractivity contribution in [2.75, 3.05) is 11.9 Å². The van der Waals surface area contributed by atoms with Crippen LogP contribution < -0.4 is 10.6 Å². The molecule has 0 radical (unpaired) electrons. The van der Waals surface area contributed by atoms with Crippen molar-refractivity contribution in [2.45, 2.75) is 69.6 Å². The molecule has 3 amide bonds. The summed E-state index contributed by atoms with van der Waals surface area (Å²) in [6.07, 6.45) is 3.89. The lowest BCUT2D eigenvalue weighted by molar-refractivity contribution is -0.141. The normalized spacial score (nSPS) is 25.8. The van der Waals surface area contributed by atoms with E-state index in [1.165, 1.54) is 29.2 Å². The molecule has 2 N–H and O–H groups in total. The second-order valence-electron chi connectivity index (χ2n) is 10.8. The Balaban J connectivity index is 1.12. The van der Waals surface area contributed by atoms with Gasteiger partial charge in [0, 0.05) is 52.8 Å². The third-order valence-electron chi connectivity index (χ3n) is 8.05. The van der Waals surface area contributed by atoms with Gasteiger partial charge in [-0.2, -0.15) is 13.2 Å². The number of aromatic nitrogens is 1. The Bertz CT molecular complexity index is 1280. The summed E-state index contributed by atoms with van der Waals surface area (Å²) in [6, 6.07) is 5.65. The number of halogens is 4. The Morgan fingerprint density at radius 2 is 1.59 bits per heavy atom. The van der Waals surface area contributed by atoms with Crippen LogP contribution in [0.4, 0.5) is 18.9 Å². The minimum atomic E-state index is -4.56. The lowest BCUT2D eigenvalue weighted by Crippen LogP contribution is -2.44. The summed E-state index contributed by atoms with van der Waals surface area (Å²) >= 11 is 6.10. The van der Waals surface area contributed by atoms with Crippen molar-refractivity contribution in [1.29, 1.82) is 0 Å². The van der Waals surface area contributed by atoms with Crippen molar-refractivity contribution in [2.24, 2.45) is 11.8 Å². The van der Waals surface area contributed by atoms with Crippen LogP contribution in [-0.2, 0) is 20.6 Å². The van der Waals surface area contributed by atoms with Gasteiger partial charge in [0.25, 0.3) is 11.8 Å². The summed E-state index contributed by atoms with van der Waals surface area (Å²) in [4.78, 5) is 41.6. The number of hydrogen-bond donors (Lipinski definition) is 2. The molecule has 39 heavy (non-hydrogen) atoms. The van der Waals surface area contributed by atoms with Crippen LogP contribution in [0.1, 0.15) is 57.1 Å². The van der Waals surface area contributed by atoms with E-state index in [-0.39, 0.29) is 47.2 Å². The molecule has 1 aliphatic heterocycles. The van der Waals surface area contributed by atoms with Gasteiger partial charge in [0.05, 0.1) is 5.52 Å². The quantitative estimate of drug-likeness (QED) is 0.455. The molecule has 2 saturated carbocycles. The van der Waals surface area contributed by atoms with E-state index >= 15 is 0 Å². The molecule has 0 saturated heterocycles. The lowest BCUT2D eigenvalue weighted by Gasteiger charge is -2.33. The van der Waals surface area contributed by atoms with Crippen LogP contribution in [0.15, 0.2) is 36.4 Å². The van der Waals surface area contributed by atoms with Gasteiger partial charge in [-0.25, -0.2) is 4.98 Å². The van der Waals surface area contributed by atoms with Gasteiger partial charge in [0.15, 0.2) is 0 Å². The minimum Gasteiger partial charge on any atom is -0.382 e. The summed E-state index contributed by atoms with van der Waals surface area (Å²) in [5, 5.41) is 7.40. The van der Waals surface area contributed by atoms with Gasteiger partial charge >= 0.3 is 6.18 Å². The third kappa shape index (κ3) is 6.37. The summed E-state index contributed by atoms with van der Waals surface area (Å²) in [6.45, 7) is 0.402. The monoisotopic (exact) mass is 562 g/mol. The molecule has 0 atom stereocenters. The molecule has 5 rings (SSSR count). The van der Waals surface area contributed by atoms with Crippen LogP contribution in [-0.4, -0.2) is 46.2 Å². The van der Waals surface area contributed by atoms with Crippen LogP contribution in [0.5, 0.6) is 0 Å². The number of pyridine rings is 1. The highest BCUT2D eigenvalue weighted by molar-refractivity contribution is 6.31. The molecule has 2 aliphatic carbocycles. The summed E-state index contributed by atoms with van der Waals surface area (Å²) in [5.41, 5.74) is -0.374. The Morgan fingerprint density at radius 1 is 0.949 bits per heavy atom. The Hall–Kier alpha value is -3.14. The number of benzene rings is 1. The van der Waals surface area contributed by atoms with E-state index < -0.39 is 11.9 Å². The van der Waals surface area contributed by atoms with Crippen molar-refractivity contribution in [3.8, 4) is 0 Å². The maximum atomic E-state index is 13.4. The van der Waals surface area contributed by atoms with E-state index in [4.69, 9.17) is 11.6 Å². The molecule has 1 aromatic heterocycles. The molecule has 2 aromatic rings. The largest absolute Gasteiger partial charge is 0.433 e. The molecule has 2 fully saturated rings. The molecule has 1 aromatic carbocycles. The van der Waals surface area contributed by atoms with Crippen molar-refractivity contribution >= 4 is 45.9 Å². The fourth-order valence-electron chi connectivity index (χ4n) is 5.86. The lowest BCUT2D eigenvalue weighted by atomic mass is 9.81. The van der Waals surface area contributed by atoms with Gasteiger partial charge in [-0.15, -0.1) is 0 Å². The van der Waals surface area contributed by atoms with Crippen LogP contribution in [0.3, 0.4) is 0 Å². The number of anilines is 1. The van der Waals surface area contributed by atoms with Crippen molar-refractivity contribution in [3.63, 3.8) is 0 Å². The van der Waals surface area contributed by atoms with E-state index in [0.717, 1.165) is 44.6 Å². The minimum absolute atomic E-state index is 0.0218. The van der Waals surface area contributed by atoms with Crippen molar-refractivity contribution in [3.05, 3.63) is 47.1 Å². The predicted octanol–water partition coefficient (Wildman–Crippen LogP) is 5.48. The van der Waals surface area contributed by atoms with E-state index in [9.17, 15) is 27.6 Å². The number of hydrogen-bond acceptors (Lipinski definition) is 5. The van der Waals surface area contributed by atoms with Gasteiger partial charge in [-0.05, 0) is 81.5 Å². The maximum Gasteiger partial charge on any atom is 0.433 e. The maximum absolute atomic E-state index is 13.4. The zero-order valence-electron chi connectivity index (χ0n) is 21.3. The van der Waals surface area contributed by atoms with E-state index in [0.29, 0.717) is 35.5 Å². The van der Waals surface area contributed by atoms with Crippen molar-refractivity contribution in [1.82, 2.24) is 15.2 Å².